The zero-order chi connectivity index (χ0) is 28.2. The Morgan fingerprint density at radius 3 is 1.33 bits per heavy atom. The zero-order valence-corrected chi connectivity index (χ0v) is 24.5. The van der Waals surface area contributed by atoms with Gasteiger partial charge in [0.25, 0.3) is 0 Å². The van der Waals surface area contributed by atoms with Crippen LogP contribution in [0.2, 0.25) is 0 Å². The summed E-state index contributed by atoms with van der Waals surface area (Å²) in [4.78, 5) is 0. The van der Waals surface area contributed by atoms with Gasteiger partial charge in [-0.1, -0.05) is 115 Å². The number of hydrazine groups is 1. The van der Waals surface area contributed by atoms with Crippen LogP contribution >= 0.6 is 7.26 Å². The Labute approximate surface area is 249 Å². The lowest BCUT2D eigenvalue weighted by Crippen LogP contribution is -2.38. The van der Waals surface area contributed by atoms with Gasteiger partial charge in [-0.2, -0.15) is 0 Å². The second kappa shape index (κ2) is 11.9. The predicted octanol–water partition coefficient (Wildman–Crippen LogP) is 7.16. The van der Waals surface area contributed by atoms with Gasteiger partial charge >= 0.3 is 0 Å². The third-order valence-electron chi connectivity index (χ3n) is 8.16. The summed E-state index contributed by atoms with van der Waals surface area (Å²) in [6, 6.07) is 62.3. The van der Waals surface area contributed by atoms with Crippen LogP contribution in [-0.2, 0) is 13.1 Å². The first-order valence-electron chi connectivity index (χ1n) is 14.6. The number of nitrogens with zero attached hydrogens (tertiary/aromatic N) is 2. The molecule has 0 bridgehead atoms. The van der Waals surface area contributed by atoms with E-state index in [1.165, 1.54) is 43.5 Å². The van der Waals surface area contributed by atoms with Crippen molar-refractivity contribution in [2.75, 3.05) is 6.67 Å². The van der Waals surface area contributed by atoms with Crippen molar-refractivity contribution in [2.45, 2.75) is 13.1 Å². The summed E-state index contributed by atoms with van der Waals surface area (Å²) in [6.45, 7) is 2.92. The Hall–Kier alpha value is -4.33. The number of benzene rings is 6. The zero-order valence-electron chi connectivity index (χ0n) is 23.6. The maximum absolute atomic E-state index is 2.41. The molecule has 1 fully saturated rings. The lowest BCUT2D eigenvalue weighted by Gasteiger charge is -2.27. The minimum Gasteiger partial charge on any atom is -0.220 e. The van der Waals surface area contributed by atoms with E-state index in [9.17, 15) is 0 Å². The van der Waals surface area contributed by atoms with Gasteiger partial charge < -0.3 is 0 Å². The molecule has 7 rings (SSSR count). The van der Waals surface area contributed by atoms with E-state index in [0.29, 0.717) is 0 Å². The predicted molar refractivity (Wildman–Crippen MR) is 179 cm³/mol. The first-order valence-corrected chi connectivity index (χ1v) is 16.4. The molecule has 2 unspecified atom stereocenters. The second-order valence-electron chi connectivity index (χ2n) is 10.9. The highest BCUT2D eigenvalue weighted by Crippen LogP contribution is 2.54. The fraction of sp³-hybridized carbons (Fsp3) is 0.0769. The SMILES string of the molecule is c1ccc(CN2CN2Cc2cccc(-c3ccc([P+](c4ccccc4)(c4ccccc4)c4ccccc4)cc3)c2)cc1. The lowest BCUT2D eigenvalue weighted by atomic mass is 10.0. The van der Waals surface area contributed by atoms with E-state index in [1.54, 1.807) is 0 Å². The molecule has 0 aromatic heterocycles. The van der Waals surface area contributed by atoms with Crippen molar-refractivity contribution >= 4 is 28.5 Å². The highest BCUT2D eigenvalue weighted by atomic mass is 31.2. The van der Waals surface area contributed by atoms with Gasteiger partial charge in [0.1, 0.15) is 28.5 Å². The second-order valence-corrected chi connectivity index (χ2v) is 14.3. The summed E-state index contributed by atoms with van der Waals surface area (Å²) in [6.07, 6.45) is 0. The fourth-order valence-electron chi connectivity index (χ4n) is 6.04. The summed E-state index contributed by atoms with van der Waals surface area (Å²) in [5.41, 5.74) is 5.21. The monoisotopic (exact) mass is 561 g/mol. The van der Waals surface area contributed by atoms with Gasteiger partial charge in [0.05, 0.1) is 6.67 Å². The average molecular weight is 562 g/mol. The Morgan fingerprint density at radius 1 is 0.381 bits per heavy atom. The lowest BCUT2D eigenvalue weighted by molar-refractivity contribution is 0.293. The van der Waals surface area contributed by atoms with Crippen molar-refractivity contribution < 1.29 is 0 Å². The summed E-state index contributed by atoms with van der Waals surface area (Å²) in [5.74, 6) is 0. The smallest absolute Gasteiger partial charge is 0.144 e. The van der Waals surface area contributed by atoms with E-state index < -0.39 is 7.26 Å². The Kier molecular flexibility index (Phi) is 7.51. The van der Waals surface area contributed by atoms with Gasteiger partial charge in [-0.15, -0.1) is 0 Å². The molecule has 0 N–H and O–H groups in total. The first-order chi connectivity index (χ1) is 20.8. The topological polar surface area (TPSA) is 6.02 Å². The summed E-state index contributed by atoms with van der Waals surface area (Å²) in [5, 5.41) is 10.3. The molecular formula is C39H34N2P+. The minimum absolute atomic E-state index is 0.934. The highest BCUT2D eigenvalue weighted by Gasteiger charge is 2.47. The van der Waals surface area contributed by atoms with Gasteiger partial charge in [0.2, 0.25) is 0 Å². The van der Waals surface area contributed by atoms with Crippen LogP contribution in [0, 0.1) is 0 Å². The molecule has 3 heteroatoms. The van der Waals surface area contributed by atoms with Crippen LogP contribution in [0.15, 0.2) is 170 Å². The van der Waals surface area contributed by atoms with Gasteiger partial charge in [0.15, 0.2) is 0 Å². The van der Waals surface area contributed by atoms with Gasteiger partial charge in [-0.3, -0.25) is 0 Å². The van der Waals surface area contributed by atoms with Crippen molar-refractivity contribution in [3.63, 3.8) is 0 Å². The summed E-state index contributed by atoms with van der Waals surface area (Å²) >= 11 is 0. The van der Waals surface area contributed by atoms with Gasteiger partial charge in [-0.25, -0.2) is 10.0 Å². The minimum atomic E-state index is -2.09. The van der Waals surface area contributed by atoms with E-state index in [-0.39, 0.29) is 0 Å². The third-order valence-corrected chi connectivity index (χ3v) is 12.5. The maximum atomic E-state index is 2.41. The summed E-state index contributed by atoms with van der Waals surface area (Å²) < 4.78 is 0. The van der Waals surface area contributed by atoms with Crippen LogP contribution in [0.3, 0.4) is 0 Å². The standard InChI is InChI=1S/C39H34N2P/c1-5-14-32(15-6-1)29-40-31-41(40)30-33-16-13-17-35(28-33)34-24-26-39(27-25-34)42(36-18-7-2-8-19-36,37-20-9-3-10-21-37)38-22-11-4-12-23-38/h1-28H,29-31H2/q+1. The molecule has 1 heterocycles. The fourth-order valence-corrected chi connectivity index (χ4v) is 10.3. The van der Waals surface area contributed by atoms with Crippen molar-refractivity contribution in [3.05, 3.63) is 181 Å². The van der Waals surface area contributed by atoms with E-state index >= 15 is 0 Å². The molecule has 0 aliphatic carbocycles. The van der Waals surface area contributed by atoms with Gasteiger partial charge in [0, 0.05) is 13.1 Å². The molecule has 6 aromatic rings. The normalized spacial score (nSPS) is 16.2. The number of rotatable bonds is 9. The molecule has 2 atom stereocenters. The number of hydrogen-bond donors (Lipinski definition) is 0. The molecular weight excluding hydrogens is 527 g/mol. The van der Waals surface area contributed by atoms with E-state index in [2.05, 4.69) is 180 Å². The van der Waals surface area contributed by atoms with Crippen LogP contribution in [-0.4, -0.2) is 16.7 Å². The molecule has 42 heavy (non-hydrogen) atoms. The van der Waals surface area contributed by atoms with E-state index in [4.69, 9.17) is 0 Å². The van der Waals surface area contributed by atoms with Crippen molar-refractivity contribution in [1.29, 1.82) is 0 Å². The largest absolute Gasteiger partial charge is 0.220 e. The first kappa shape index (κ1) is 26.6. The maximum Gasteiger partial charge on any atom is 0.144 e. The Morgan fingerprint density at radius 2 is 0.810 bits per heavy atom. The van der Waals surface area contributed by atoms with Crippen LogP contribution in [0.25, 0.3) is 11.1 Å². The quantitative estimate of drug-likeness (QED) is 0.136. The highest BCUT2D eigenvalue weighted by molar-refractivity contribution is 8.01. The third kappa shape index (κ3) is 5.33. The Balaban J connectivity index is 1.20. The average Bonchev–Trinajstić information content (AvgIpc) is 3.80. The van der Waals surface area contributed by atoms with Crippen molar-refractivity contribution in [3.8, 4) is 11.1 Å². The van der Waals surface area contributed by atoms with Crippen molar-refractivity contribution in [2.24, 2.45) is 0 Å². The summed E-state index contributed by atoms with van der Waals surface area (Å²) in [7, 11) is -2.09. The van der Waals surface area contributed by atoms with Crippen molar-refractivity contribution in [1.82, 2.24) is 10.0 Å². The van der Waals surface area contributed by atoms with Crippen LogP contribution in [0.4, 0.5) is 0 Å². The number of hydrogen-bond acceptors (Lipinski definition) is 2. The molecule has 204 valence electrons. The Bertz CT molecular complexity index is 1640. The molecule has 1 aliphatic heterocycles. The molecule has 0 amide bonds. The molecule has 0 radical (unpaired) electrons. The van der Waals surface area contributed by atoms with Gasteiger partial charge in [-0.05, 0) is 76.9 Å². The molecule has 0 spiro atoms. The van der Waals surface area contributed by atoms with E-state index in [0.717, 1.165) is 19.8 Å². The molecule has 2 nitrogen and oxygen atoms in total. The van der Waals surface area contributed by atoms with Crippen LogP contribution in [0.5, 0.6) is 0 Å². The molecule has 6 aromatic carbocycles. The molecule has 1 aliphatic rings. The molecule has 0 saturated carbocycles. The molecule has 1 saturated heterocycles. The van der Waals surface area contributed by atoms with Crippen LogP contribution < -0.4 is 21.2 Å². The van der Waals surface area contributed by atoms with Crippen LogP contribution in [0.1, 0.15) is 11.1 Å². The van der Waals surface area contributed by atoms with E-state index in [1.807, 2.05) is 0 Å².